The van der Waals surface area contributed by atoms with E-state index < -0.39 is 0 Å². The van der Waals surface area contributed by atoms with E-state index in [1.165, 1.54) is 11.3 Å². The van der Waals surface area contributed by atoms with Gasteiger partial charge in [-0.1, -0.05) is 11.8 Å². The van der Waals surface area contributed by atoms with Crippen LogP contribution < -0.4 is 11.1 Å². The zero-order valence-electron chi connectivity index (χ0n) is 10.4. The number of nitrogens with zero attached hydrogens (tertiary/aromatic N) is 1. The van der Waals surface area contributed by atoms with E-state index in [9.17, 15) is 4.79 Å². The molecule has 4 nitrogen and oxygen atoms in total. The minimum Gasteiger partial charge on any atom is -0.320 e. The van der Waals surface area contributed by atoms with Gasteiger partial charge in [0, 0.05) is 17.1 Å². The van der Waals surface area contributed by atoms with E-state index in [-0.39, 0.29) is 5.91 Å². The van der Waals surface area contributed by atoms with Gasteiger partial charge in [-0.05, 0) is 30.0 Å². The van der Waals surface area contributed by atoms with E-state index in [1.807, 2.05) is 17.7 Å². The van der Waals surface area contributed by atoms with Crippen LogP contribution in [0.1, 0.15) is 21.5 Å². The fourth-order valence-corrected chi connectivity index (χ4v) is 2.33. The second-order valence-electron chi connectivity index (χ2n) is 3.86. The molecular formula is C14H13N3OS. The lowest BCUT2D eigenvalue weighted by Gasteiger charge is -2.04. The Morgan fingerprint density at radius 3 is 3.05 bits per heavy atom. The zero-order valence-corrected chi connectivity index (χ0v) is 11.3. The Morgan fingerprint density at radius 1 is 1.53 bits per heavy atom. The Balaban J connectivity index is 2.15. The molecule has 19 heavy (non-hydrogen) atoms. The number of rotatable bonds is 2. The monoisotopic (exact) mass is 271 g/mol. The van der Waals surface area contributed by atoms with Crippen LogP contribution in [0, 0.1) is 18.8 Å². The van der Waals surface area contributed by atoms with Crippen molar-refractivity contribution in [3.05, 3.63) is 45.8 Å². The van der Waals surface area contributed by atoms with Crippen molar-refractivity contribution in [2.45, 2.75) is 6.92 Å². The van der Waals surface area contributed by atoms with Crippen LogP contribution in [-0.2, 0) is 0 Å². The van der Waals surface area contributed by atoms with Crippen LogP contribution in [0.5, 0.6) is 0 Å². The summed E-state index contributed by atoms with van der Waals surface area (Å²) in [7, 11) is 0. The Morgan fingerprint density at radius 2 is 2.37 bits per heavy atom. The number of hydrogen-bond acceptors (Lipinski definition) is 4. The molecule has 0 aliphatic heterocycles. The average Bonchev–Trinajstić information content (AvgIpc) is 2.83. The first kappa shape index (κ1) is 13.3. The van der Waals surface area contributed by atoms with Crippen molar-refractivity contribution in [3.8, 4) is 11.8 Å². The van der Waals surface area contributed by atoms with Crippen LogP contribution in [0.25, 0.3) is 0 Å². The lowest BCUT2D eigenvalue weighted by Crippen LogP contribution is -2.13. The van der Waals surface area contributed by atoms with Crippen molar-refractivity contribution >= 4 is 23.1 Å². The molecule has 2 heterocycles. The van der Waals surface area contributed by atoms with Gasteiger partial charge >= 0.3 is 0 Å². The molecule has 96 valence electrons. The van der Waals surface area contributed by atoms with E-state index in [0.717, 1.165) is 11.1 Å². The minimum atomic E-state index is -0.157. The first-order chi connectivity index (χ1) is 9.20. The SMILES string of the molecule is Cc1cscc1C(=O)Nc1cc(C#CCN)ccn1. The van der Waals surface area contributed by atoms with Crippen molar-refractivity contribution in [1.82, 2.24) is 4.98 Å². The van der Waals surface area contributed by atoms with Gasteiger partial charge < -0.3 is 11.1 Å². The highest BCUT2D eigenvalue weighted by Gasteiger charge is 2.10. The standard InChI is InChI=1S/C14H13N3OS/c1-10-8-19-9-12(10)14(18)17-13-7-11(3-2-5-15)4-6-16-13/h4,6-9H,5,15H2,1H3,(H,16,17,18). The molecule has 5 heteroatoms. The number of carbonyl (C=O) groups excluding carboxylic acids is 1. The third-order valence-corrected chi connectivity index (χ3v) is 3.30. The average molecular weight is 271 g/mol. The highest BCUT2D eigenvalue weighted by molar-refractivity contribution is 7.08. The molecule has 0 unspecified atom stereocenters. The molecule has 0 aliphatic carbocycles. The van der Waals surface area contributed by atoms with Crippen molar-refractivity contribution in [1.29, 1.82) is 0 Å². The molecule has 0 saturated heterocycles. The molecule has 2 rings (SSSR count). The maximum Gasteiger partial charge on any atom is 0.257 e. The molecule has 0 aromatic carbocycles. The van der Waals surface area contributed by atoms with Gasteiger partial charge in [0.05, 0.1) is 12.1 Å². The number of thiophene rings is 1. The van der Waals surface area contributed by atoms with Gasteiger partial charge in [-0.2, -0.15) is 11.3 Å². The molecule has 0 radical (unpaired) electrons. The van der Waals surface area contributed by atoms with Gasteiger partial charge in [-0.3, -0.25) is 4.79 Å². The van der Waals surface area contributed by atoms with Crippen molar-refractivity contribution in [2.75, 3.05) is 11.9 Å². The normalized spacial score (nSPS) is 9.58. The van der Waals surface area contributed by atoms with Crippen LogP contribution >= 0.6 is 11.3 Å². The number of carbonyl (C=O) groups is 1. The Labute approximate surface area is 115 Å². The summed E-state index contributed by atoms with van der Waals surface area (Å²) >= 11 is 1.50. The number of aryl methyl sites for hydroxylation is 1. The largest absolute Gasteiger partial charge is 0.320 e. The summed E-state index contributed by atoms with van der Waals surface area (Å²) in [5.41, 5.74) is 7.73. The molecule has 0 saturated carbocycles. The second kappa shape index (κ2) is 6.14. The highest BCUT2D eigenvalue weighted by atomic mass is 32.1. The number of hydrogen-bond donors (Lipinski definition) is 2. The van der Waals surface area contributed by atoms with Crippen LogP contribution in [0.15, 0.2) is 29.1 Å². The van der Waals surface area contributed by atoms with Crippen LogP contribution in [0.2, 0.25) is 0 Å². The lowest BCUT2D eigenvalue weighted by molar-refractivity contribution is 0.102. The van der Waals surface area contributed by atoms with Gasteiger partial charge in [0.15, 0.2) is 0 Å². The molecule has 3 N–H and O–H groups in total. The van der Waals surface area contributed by atoms with E-state index in [0.29, 0.717) is 17.9 Å². The van der Waals surface area contributed by atoms with Crippen molar-refractivity contribution < 1.29 is 4.79 Å². The van der Waals surface area contributed by atoms with Crippen molar-refractivity contribution in [2.24, 2.45) is 5.73 Å². The maximum atomic E-state index is 12.0. The van der Waals surface area contributed by atoms with E-state index in [2.05, 4.69) is 22.1 Å². The molecule has 0 aliphatic rings. The summed E-state index contributed by atoms with van der Waals surface area (Å²) in [6.07, 6.45) is 1.61. The number of nitrogens with two attached hydrogens (primary N) is 1. The molecule has 0 fully saturated rings. The molecule has 0 spiro atoms. The predicted octanol–water partition coefficient (Wildman–Crippen LogP) is 2.01. The lowest BCUT2D eigenvalue weighted by atomic mass is 10.2. The molecule has 2 aromatic heterocycles. The fourth-order valence-electron chi connectivity index (χ4n) is 1.51. The topological polar surface area (TPSA) is 68.0 Å². The summed E-state index contributed by atoms with van der Waals surface area (Å²) in [4.78, 5) is 16.1. The van der Waals surface area contributed by atoms with Crippen molar-refractivity contribution in [3.63, 3.8) is 0 Å². The highest BCUT2D eigenvalue weighted by Crippen LogP contribution is 2.15. The summed E-state index contributed by atoms with van der Waals surface area (Å²) in [6.45, 7) is 2.21. The number of anilines is 1. The molecule has 0 atom stereocenters. The number of pyridine rings is 1. The zero-order chi connectivity index (χ0) is 13.7. The molecule has 1 amide bonds. The summed E-state index contributed by atoms with van der Waals surface area (Å²) < 4.78 is 0. The Bertz CT molecular complexity index is 652. The third-order valence-electron chi connectivity index (χ3n) is 2.44. The third kappa shape index (κ3) is 3.41. The quantitative estimate of drug-likeness (QED) is 0.821. The number of amides is 1. The molecular weight excluding hydrogens is 258 g/mol. The van der Waals surface area contributed by atoms with Gasteiger partial charge in [0.25, 0.3) is 5.91 Å². The first-order valence-electron chi connectivity index (χ1n) is 5.70. The van der Waals surface area contributed by atoms with E-state index >= 15 is 0 Å². The van der Waals surface area contributed by atoms with Gasteiger partial charge in [0.1, 0.15) is 5.82 Å². The van der Waals surface area contributed by atoms with E-state index in [1.54, 1.807) is 18.3 Å². The van der Waals surface area contributed by atoms with Gasteiger partial charge in [-0.25, -0.2) is 4.98 Å². The summed E-state index contributed by atoms with van der Waals surface area (Å²) in [5, 5.41) is 6.52. The van der Waals surface area contributed by atoms with Crippen LogP contribution in [0.4, 0.5) is 5.82 Å². The Hall–Kier alpha value is -2.16. The molecule has 0 bridgehead atoms. The van der Waals surface area contributed by atoms with E-state index in [4.69, 9.17) is 5.73 Å². The minimum absolute atomic E-state index is 0.157. The van der Waals surface area contributed by atoms with Crippen LogP contribution in [0.3, 0.4) is 0 Å². The number of aromatic nitrogens is 1. The number of nitrogens with one attached hydrogen (secondary N) is 1. The second-order valence-corrected chi connectivity index (χ2v) is 4.60. The fraction of sp³-hybridized carbons (Fsp3) is 0.143. The summed E-state index contributed by atoms with van der Waals surface area (Å²) in [5.74, 6) is 5.99. The Kier molecular flexibility index (Phi) is 4.29. The maximum absolute atomic E-state index is 12.0. The van der Waals surface area contributed by atoms with Gasteiger partial charge in [0.2, 0.25) is 0 Å². The smallest absolute Gasteiger partial charge is 0.257 e. The predicted molar refractivity (Wildman–Crippen MR) is 77.2 cm³/mol. The first-order valence-corrected chi connectivity index (χ1v) is 6.64. The van der Waals surface area contributed by atoms with Gasteiger partial charge in [-0.15, -0.1) is 0 Å². The molecule has 2 aromatic rings. The summed E-state index contributed by atoms with van der Waals surface area (Å²) in [6, 6.07) is 3.50. The van der Waals surface area contributed by atoms with Crippen LogP contribution in [-0.4, -0.2) is 17.4 Å².